The van der Waals surface area contributed by atoms with Gasteiger partial charge in [-0.2, -0.15) is 0 Å². The van der Waals surface area contributed by atoms with Crippen LogP contribution >= 0.6 is 11.6 Å². The Labute approximate surface area is 235 Å². The molecule has 40 heavy (non-hydrogen) atoms. The molecule has 11 heteroatoms. The quantitative estimate of drug-likeness (QED) is 0.364. The molecule has 1 atom stereocenters. The number of rotatable bonds is 5. The zero-order chi connectivity index (χ0) is 28.5. The van der Waals surface area contributed by atoms with Gasteiger partial charge in [-0.15, -0.1) is 0 Å². The number of imidazole rings is 1. The summed E-state index contributed by atoms with van der Waals surface area (Å²) in [6.07, 6.45) is 3.11. The highest BCUT2D eigenvalue weighted by molar-refractivity contribution is 6.31. The molecule has 2 aliphatic rings. The van der Waals surface area contributed by atoms with Gasteiger partial charge in [0.2, 0.25) is 5.88 Å². The number of hydrogen-bond acceptors (Lipinski definition) is 7. The lowest BCUT2D eigenvalue weighted by Gasteiger charge is -2.36. The van der Waals surface area contributed by atoms with Crippen molar-refractivity contribution in [3.05, 3.63) is 76.0 Å². The van der Waals surface area contributed by atoms with E-state index >= 15 is 0 Å². The molecule has 0 saturated carbocycles. The van der Waals surface area contributed by atoms with E-state index < -0.39 is 11.4 Å². The molecule has 0 aliphatic carbocycles. The summed E-state index contributed by atoms with van der Waals surface area (Å²) in [5.74, 6) is 0.490. The lowest BCUT2D eigenvalue weighted by atomic mass is 9.86. The molecular formula is C29H27ClN6O4. The normalized spacial score (nSPS) is 17.4. The number of hydrogen-bond donors (Lipinski definition) is 1. The minimum atomic E-state index is -1.56. The number of anilines is 2. The second-order valence-electron chi connectivity index (χ2n) is 10.1. The number of halogens is 1. The second kappa shape index (κ2) is 9.06. The highest BCUT2D eigenvalue weighted by Gasteiger charge is 2.64. The van der Waals surface area contributed by atoms with Crippen LogP contribution < -0.4 is 19.7 Å². The number of amides is 2. The standard InChI is InChI=1S/C29H27ClN6O4/c1-14(2)35-25-24(34-26(35)18-13-32-23(40-6)11-22(18)39-5)27(37)36(21-10-17(30)12-31-16(21)4)29(25)19-8-7-15(3)9-20(19)33-28(29)38/h7-14H,1-6H3,(H,33,38). The SMILES string of the molecule is COc1cc(OC)c(-c2nc3c(n2C(C)C)C2(C(=O)Nc4cc(C)ccc42)N(c2cc(Cl)cnc2C)C3=O)cn1. The molecule has 0 radical (unpaired) electrons. The first kappa shape index (κ1) is 25.8. The van der Waals surface area contributed by atoms with E-state index in [0.29, 0.717) is 56.4 Å². The van der Waals surface area contributed by atoms with Gasteiger partial charge in [0, 0.05) is 35.8 Å². The van der Waals surface area contributed by atoms with Gasteiger partial charge >= 0.3 is 0 Å². The molecule has 1 aromatic carbocycles. The molecule has 1 unspecified atom stereocenters. The van der Waals surface area contributed by atoms with Gasteiger partial charge in [-0.05, 0) is 45.4 Å². The number of ether oxygens (including phenoxy) is 2. The molecule has 0 saturated heterocycles. The van der Waals surface area contributed by atoms with Crippen molar-refractivity contribution >= 4 is 34.8 Å². The summed E-state index contributed by atoms with van der Waals surface area (Å²) in [6, 6.07) is 8.83. The maximum absolute atomic E-state index is 14.5. The Bertz CT molecular complexity index is 1730. The van der Waals surface area contributed by atoms with Crippen molar-refractivity contribution in [2.75, 3.05) is 24.4 Å². The first-order chi connectivity index (χ1) is 19.1. The van der Waals surface area contributed by atoms with E-state index in [2.05, 4.69) is 15.3 Å². The van der Waals surface area contributed by atoms with Crippen LogP contribution in [-0.2, 0) is 10.3 Å². The summed E-state index contributed by atoms with van der Waals surface area (Å²) in [7, 11) is 3.06. The number of aromatic nitrogens is 4. The minimum Gasteiger partial charge on any atom is -0.496 e. The van der Waals surface area contributed by atoms with E-state index in [1.54, 1.807) is 32.4 Å². The van der Waals surface area contributed by atoms with Crippen molar-refractivity contribution in [3.63, 3.8) is 0 Å². The van der Waals surface area contributed by atoms with Crippen LogP contribution in [0.4, 0.5) is 11.4 Å². The molecule has 2 aliphatic heterocycles. The van der Waals surface area contributed by atoms with E-state index in [1.807, 2.05) is 43.5 Å². The third kappa shape index (κ3) is 3.38. The molecule has 0 fully saturated rings. The third-order valence-corrected chi connectivity index (χ3v) is 7.64. The van der Waals surface area contributed by atoms with E-state index in [-0.39, 0.29) is 17.6 Å². The highest BCUT2D eigenvalue weighted by Crippen LogP contribution is 2.55. The van der Waals surface area contributed by atoms with Crippen LogP contribution in [-0.4, -0.2) is 45.6 Å². The number of carbonyl (C=O) groups is 2. The molecule has 204 valence electrons. The molecule has 5 heterocycles. The first-order valence-corrected chi connectivity index (χ1v) is 13.1. The van der Waals surface area contributed by atoms with Crippen LogP contribution in [0.15, 0.2) is 42.7 Å². The predicted octanol–water partition coefficient (Wildman–Crippen LogP) is 5.06. The van der Waals surface area contributed by atoms with Crippen LogP contribution in [0, 0.1) is 13.8 Å². The number of carbonyl (C=O) groups excluding carboxylic acids is 2. The number of aryl methyl sites for hydroxylation is 2. The zero-order valence-electron chi connectivity index (χ0n) is 22.9. The van der Waals surface area contributed by atoms with Gasteiger partial charge in [-0.25, -0.2) is 9.97 Å². The van der Waals surface area contributed by atoms with Gasteiger partial charge in [-0.1, -0.05) is 23.7 Å². The Morgan fingerprint density at radius 1 is 1.02 bits per heavy atom. The van der Waals surface area contributed by atoms with Crippen LogP contribution in [0.2, 0.25) is 5.02 Å². The molecule has 6 rings (SSSR count). The van der Waals surface area contributed by atoms with Crippen molar-refractivity contribution in [2.45, 2.75) is 39.3 Å². The Kier molecular flexibility index (Phi) is 5.85. The average Bonchev–Trinajstić information content (AvgIpc) is 3.53. The van der Waals surface area contributed by atoms with Gasteiger partial charge in [0.05, 0.1) is 41.9 Å². The second-order valence-corrected chi connectivity index (χ2v) is 10.6. The largest absolute Gasteiger partial charge is 0.496 e. The van der Waals surface area contributed by atoms with Crippen LogP contribution in [0.3, 0.4) is 0 Å². The highest BCUT2D eigenvalue weighted by atomic mass is 35.5. The number of pyridine rings is 2. The van der Waals surface area contributed by atoms with Gasteiger partial charge in [0.15, 0.2) is 11.2 Å². The summed E-state index contributed by atoms with van der Waals surface area (Å²) >= 11 is 6.37. The number of nitrogens with one attached hydrogen (secondary N) is 1. The fourth-order valence-electron chi connectivity index (χ4n) is 5.73. The molecule has 3 aromatic heterocycles. The number of benzene rings is 1. The molecule has 4 aromatic rings. The first-order valence-electron chi connectivity index (χ1n) is 12.7. The summed E-state index contributed by atoms with van der Waals surface area (Å²) in [5, 5.41) is 3.38. The summed E-state index contributed by atoms with van der Waals surface area (Å²) in [6.45, 7) is 7.68. The van der Waals surface area contributed by atoms with E-state index in [4.69, 9.17) is 26.1 Å². The lowest BCUT2D eigenvalue weighted by molar-refractivity contribution is -0.119. The summed E-state index contributed by atoms with van der Waals surface area (Å²) in [4.78, 5) is 43.9. The van der Waals surface area contributed by atoms with E-state index in [9.17, 15) is 9.59 Å². The third-order valence-electron chi connectivity index (χ3n) is 7.43. The molecule has 10 nitrogen and oxygen atoms in total. The Balaban J connectivity index is 1.73. The fraction of sp³-hybridized carbons (Fsp3) is 0.276. The number of nitrogens with zero attached hydrogens (tertiary/aromatic N) is 5. The van der Waals surface area contributed by atoms with Crippen molar-refractivity contribution in [1.82, 2.24) is 19.5 Å². The van der Waals surface area contributed by atoms with E-state index in [1.165, 1.54) is 18.2 Å². The van der Waals surface area contributed by atoms with E-state index in [0.717, 1.165) is 5.56 Å². The Hall–Kier alpha value is -4.44. The van der Waals surface area contributed by atoms with Crippen LogP contribution in [0.1, 0.15) is 52.9 Å². The van der Waals surface area contributed by atoms with Gasteiger partial charge in [-0.3, -0.25) is 19.5 Å². The Morgan fingerprint density at radius 2 is 1.80 bits per heavy atom. The summed E-state index contributed by atoms with van der Waals surface area (Å²) in [5.41, 5.74) is 2.84. The molecular weight excluding hydrogens is 532 g/mol. The molecule has 1 spiro atoms. The fourth-order valence-corrected chi connectivity index (χ4v) is 5.89. The van der Waals surface area contributed by atoms with Gasteiger partial charge in [0.1, 0.15) is 11.6 Å². The number of methoxy groups -OCH3 is 2. The van der Waals surface area contributed by atoms with Gasteiger partial charge < -0.3 is 19.4 Å². The van der Waals surface area contributed by atoms with Crippen molar-refractivity contribution in [1.29, 1.82) is 0 Å². The van der Waals surface area contributed by atoms with Crippen LogP contribution in [0.5, 0.6) is 11.6 Å². The molecule has 2 amide bonds. The minimum absolute atomic E-state index is 0.157. The Morgan fingerprint density at radius 3 is 2.50 bits per heavy atom. The maximum atomic E-state index is 14.5. The van der Waals surface area contributed by atoms with Crippen molar-refractivity contribution in [3.8, 4) is 23.0 Å². The predicted molar refractivity (Wildman–Crippen MR) is 150 cm³/mol. The summed E-state index contributed by atoms with van der Waals surface area (Å²) < 4.78 is 12.9. The monoisotopic (exact) mass is 558 g/mol. The zero-order valence-corrected chi connectivity index (χ0v) is 23.6. The van der Waals surface area contributed by atoms with Crippen molar-refractivity contribution in [2.24, 2.45) is 0 Å². The maximum Gasteiger partial charge on any atom is 0.280 e. The average molecular weight is 559 g/mol. The van der Waals surface area contributed by atoms with Gasteiger partial charge in [0.25, 0.3) is 11.8 Å². The molecule has 1 N–H and O–H groups in total. The smallest absolute Gasteiger partial charge is 0.280 e. The van der Waals surface area contributed by atoms with Crippen LogP contribution in [0.25, 0.3) is 11.4 Å². The lowest BCUT2D eigenvalue weighted by Crippen LogP contribution is -2.51. The number of fused-ring (bicyclic) bond motifs is 4. The van der Waals surface area contributed by atoms with Crippen molar-refractivity contribution < 1.29 is 19.1 Å². The molecule has 0 bridgehead atoms. The topological polar surface area (TPSA) is 111 Å².